The maximum absolute atomic E-state index is 10.9. The largest absolute Gasteiger partial charge is 0.493 e. The molecule has 6 heteroatoms. The Morgan fingerprint density at radius 1 is 1.13 bits per heavy atom. The summed E-state index contributed by atoms with van der Waals surface area (Å²) in [6.07, 6.45) is -1.11. The number of methoxy groups -OCH3 is 2. The topological polar surface area (TPSA) is 80.0 Å². The van der Waals surface area contributed by atoms with Gasteiger partial charge in [0.15, 0.2) is 11.5 Å². The summed E-state index contributed by atoms with van der Waals surface area (Å²) in [5.41, 5.74) is 7.68. The molecule has 1 amide bonds. The lowest BCUT2D eigenvalue weighted by molar-refractivity contribution is -0.0119. The molecular weight excluding hydrogens is 298 g/mol. The number of ether oxygens (including phenoxy) is 4. The van der Waals surface area contributed by atoms with E-state index >= 15 is 0 Å². The zero-order chi connectivity index (χ0) is 16.4. The number of nitrogens with two attached hydrogens (primary N) is 1. The number of amides is 1. The number of carbonyl (C=O) groups is 1. The third kappa shape index (κ3) is 2.75. The number of fused-ring (bicyclic) bond motifs is 1. The van der Waals surface area contributed by atoms with E-state index in [2.05, 4.69) is 0 Å². The lowest BCUT2D eigenvalue weighted by Crippen LogP contribution is -2.25. The van der Waals surface area contributed by atoms with Crippen molar-refractivity contribution < 1.29 is 23.7 Å². The van der Waals surface area contributed by atoms with Gasteiger partial charge in [0.25, 0.3) is 0 Å². The van der Waals surface area contributed by atoms with Crippen LogP contribution in [0.5, 0.6) is 17.2 Å². The highest BCUT2D eigenvalue weighted by Crippen LogP contribution is 2.45. The van der Waals surface area contributed by atoms with Crippen molar-refractivity contribution in [1.29, 1.82) is 0 Å². The summed E-state index contributed by atoms with van der Waals surface area (Å²) in [5, 5.41) is 0. The van der Waals surface area contributed by atoms with E-state index in [1.54, 1.807) is 14.2 Å². The second-order valence-corrected chi connectivity index (χ2v) is 5.02. The molecular formula is C17H17NO5. The molecule has 1 aliphatic heterocycles. The summed E-state index contributed by atoms with van der Waals surface area (Å²) in [4.78, 5) is 10.9. The fourth-order valence-electron chi connectivity index (χ4n) is 2.74. The summed E-state index contributed by atoms with van der Waals surface area (Å²) >= 11 is 0. The van der Waals surface area contributed by atoms with Gasteiger partial charge >= 0.3 is 6.09 Å². The van der Waals surface area contributed by atoms with Crippen molar-refractivity contribution in [3.63, 3.8) is 0 Å². The van der Waals surface area contributed by atoms with E-state index < -0.39 is 12.4 Å². The molecule has 6 nitrogen and oxygen atoms in total. The Bertz CT molecular complexity index is 744. The molecule has 2 aromatic rings. The van der Waals surface area contributed by atoms with Crippen molar-refractivity contribution in [2.24, 2.45) is 5.73 Å². The van der Waals surface area contributed by atoms with Crippen molar-refractivity contribution in [3.05, 3.63) is 42.0 Å². The van der Waals surface area contributed by atoms with Gasteiger partial charge in [-0.15, -0.1) is 0 Å². The number of benzene rings is 2. The predicted octanol–water partition coefficient (Wildman–Crippen LogP) is 2.73. The standard InChI is InChI=1S/C17H17NO5/c1-20-13-8-4-7-12(16(13)21-2)11-6-3-5-10-9-14(22-15(10)11)23-17(18)19/h3-8,14H,9H2,1-2H3,(H2,18,19). The van der Waals surface area contributed by atoms with E-state index in [1.165, 1.54) is 0 Å². The van der Waals surface area contributed by atoms with Crippen LogP contribution in [0.1, 0.15) is 5.56 Å². The van der Waals surface area contributed by atoms with Crippen molar-refractivity contribution in [2.45, 2.75) is 12.7 Å². The van der Waals surface area contributed by atoms with E-state index in [0.29, 0.717) is 23.7 Å². The smallest absolute Gasteiger partial charge is 0.407 e. The molecule has 1 heterocycles. The summed E-state index contributed by atoms with van der Waals surface area (Å²) in [7, 11) is 3.18. The van der Waals surface area contributed by atoms with E-state index in [0.717, 1.165) is 16.7 Å². The van der Waals surface area contributed by atoms with Gasteiger partial charge in [0.1, 0.15) is 5.75 Å². The molecule has 1 aliphatic rings. The molecule has 1 unspecified atom stereocenters. The van der Waals surface area contributed by atoms with Crippen LogP contribution in [-0.4, -0.2) is 26.6 Å². The van der Waals surface area contributed by atoms with Crippen LogP contribution in [0.3, 0.4) is 0 Å². The predicted molar refractivity (Wildman–Crippen MR) is 83.8 cm³/mol. The summed E-state index contributed by atoms with van der Waals surface area (Å²) < 4.78 is 21.5. The van der Waals surface area contributed by atoms with Gasteiger partial charge in [0.2, 0.25) is 6.29 Å². The second-order valence-electron chi connectivity index (χ2n) is 5.02. The Morgan fingerprint density at radius 3 is 2.57 bits per heavy atom. The Balaban J connectivity index is 2.05. The molecule has 2 N–H and O–H groups in total. The van der Waals surface area contributed by atoms with E-state index in [4.69, 9.17) is 24.7 Å². The molecule has 0 radical (unpaired) electrons. The van der Waals surface area contributed by atoms with Gasteiger partial charge < -0.3 is 24.7 Å². The highest BCUT2D eigenvalue weighted by atomic mass is 16.7. The van der Waals surface area contributed by atoms with Crippen LogP contribution >= 0.6 is 0 Å². The summed E-state index contributed by atoms with van der Waals surface area (Å²) in [6, 6.07) is 11.4. The Hall–Kier alpha value is -2.89. The fourth-order valence-corrected chi connectivity index (χ4v) is 2.74. The van der Waals surface area contributed by atoms with Gasteiger partial charge in [-0.2, -0.15) is 0 Å². The minimum absolute atomic E-state index is 0.457. The highest BCUT2D eigenvalue weighted by molar-refractivity contribution is 5.80. The molecule has 120 valence electrons. The molecule has 0 fully saturated rings. The Kier molecular flexibility index (Phi) is 3.97. The van der Waals surface area contributed by atoms with Gasteiger partial charge in [-0.25, -0.2) is 4.79 Å². The lowest BCUT2D eigenvalue weighted by Gasteiger charge is -2.15. The number of para-hydroxylation sites is 2. The lowest BCUT2D eigenvalue weighted by atomic mass is 10.00. The first-order valence-corrected chi connectivity index (χ1v) is 7.10. The third-order valence-electron chi connectivity index (χ3n) is 3.67. The van der Waals surface area contributed by atoms with E-state index in [-0.39, 0.29) is 0 Å². The van der Waals surface area contributed by atoms with Crippen molar-refractivity contribution in [2.75, 3.05) is 14.2 Å². The quantitative estimate of drug-likeness (QED) is 0.938. The average molecular weight is 315 g/mol. The van der Waals surface area contributed by atoms with Gasteiger partial charge in [-0.3, -0.25) is 0 Å². The maximum atomic E-state index is 10.9. The van der Waals surface area contributed by atoms with Crippen molar-refractivity contribution in [3.8, 4) is 28.4 Å². The third-order valence-corrected chi connectivity index (χ3v) is 3.67. The van der Waals surface area contributed by atoms with Gasteiger partial charge in [-0.1, -0.05) is 30.3 Å². The molecule has 0 saturated heterocycles. The van der Waals surface area contributed by atoms with Gasteiger partial charge in [-0.05, 0) is 6.07 Å². The molecule has 0 aromatic heterocycles. The monoisotopic (exact) mass is 315 g/mol. The number of hydrogen-bond acceptors (Lipinski definition) is 5. The van der Waals surface area contributed by atoms with Gasteiger partial charge in [0.05, 0.1) is 20.6 Å². The SMILES string of the molecule is COc1cccc(-c2cccc3c2OC(OC(N)=O)C3)c1OC. The average Bonchev–Trinajstić information content (AvgIpc) is 2.95. The minimum atomic E-state index is -0.858. The molecule has 0 spiro atoms. The highest BCUT2D eigenvalue weighted by Gasteiger charge is 2.29. The molecule has 0 bridgehead atoms. The first kappa shape index (κ1) is 15.0. The molecule has 0 saturated carbocycles. The van der Waals surface area contributed by atoms with Gasteiger partial charge in [0, 0.05) is 16.7 Å². The molecule has 1 atom stereocenters. The maximum Gasteiger partial charge on any atom is 0.407 e. The molecule has 0 aliphatic carbocycles. The van der Waals surface area contributed by atoms with Crippen LogP contribution in [0.2, 0.25) is 0 Å². The van der Waals surface area contributed by atoms with Crippen LogP contribution in [0.4, 0.5) is 4.79 Å². The first-order chi connectivity index (χ1) is 11.1. The van der Waals surface area contributed by atoms with E-state index in [9.17, 15) is 4.79 Å². The Labute approximate surface area is 133 Å². The van der Waals surface area contributed by atoms with Crippen LogP contribution in [0.25, 0.3) is 11.1 Å². The Morgan fingerprint density at radius 2 is 1.87 bits per heavy atom. The number of primary amides is 1. The zero-order valence-corrected chi connectivity index (χ0v) is 12.9. The fraction of sp³-hybridized carbons (Fsp3) is 0.235. The summed E-state index contributed by atoms with van der Waals surface area (Å²) in [5.74, 6) is 1.90. The van der Waals surface area contributed by atoms with Crippen molar-refractivity contribution >= 4 is 6.09 Å². The molecule has 3 rings (SSSR count). The minimum Gasteiger partial charge on any atom is -0.493 e. The first-order valence-electron chi connectivity index (χ1n) is 7.10. The van der Waals surface area contributed by atoms with Crippen LogP contribution in [0.15, 0.2) is 36.4 Å². The zero-order valence-electron chi connectivity index (χ0n) is 12.9. The second kappa shape index (κ2) is 6.08. The van der Waals surface area contributed by atoms with Crippen molar-refractivity contribution in [1.82, 2.24) is 0 Å². The van der Waals surface area contributed by atoms with E-state index in [1.807, 2.05) is 36.4 Å². The molecule has 23 heavy (non-hydrogen) atoms. The number of rotatable bonds is 4. The van der Waals surface area contributed by atoms with Crippen LogP contribution in [0, 0.1) is 0 Å². The number of hydrogen-bond donors (Lipinski definition) is 1. The number of carbonyl (C=O) groups excluding carboxylic acids is 1. The molecule has 2 aromatic carbocycles. The normalized spacial score (nSPS) is 15.5. The van der Waals surface area contributed by atoms with Crippen LogP contribution < -0.4 is 19.9 Å². The van der Waals surface area contributed by atoms with Crippen LogP contribution in [-0.2, 0) is 11.2 Å². The summed E-state index contributed by atoms with van der Waals surface area (Å²) in [6.45, 7) is 0.